The van der Waals surface area contributed by atoms with Crippen molar-refractivity contribution < 1.29 is 0 Å². The van der Waals surface area contributed by atoms with Crippen molar-refractivity contribution in [2.75, 3.05) is 11.9 Å². The second-order valence-corrected chi connectivity index (χ2v) is 4.79. The largest absolute Gasteiger partial charge is 0.384 e. The number of aryl methyl sites for hydroxylation is 1. The number of hydrogen-bond acceptors (Lipinski definition) is 3. The molecule has 1 aliphatic heterocycles. The molecule has 0 fully saturated rings. The van der Waals surface area contributed by atoms with Crippen LogP contribution in [-0.2, 0) is 13.0 Å². The van der Waals surface area contributed by atoms with Crippen molar-refractivity contribution in [3.8, 4) is 0 Å². The highest BCUT2D eigenvalue weighted by molar-refractivity contribution is 5.54. The molecule has 1 atom stereocenters. The minimum absolute atomic E-state index is 0.418. The van der Waals surface area contributed by atoms with Gasteiger partial charge in [0.1, 0.15) is 11.6 Å². The zero-order valence-corrected chi connectivity index (χ0v) is 10.8. The molecular formula is C14H18N4. The number of hydrogen-bond donors (Lipinski definition) is 1. The van der Waals surface area contributed by atoms with Gasteiger partial charge in [-0.1, -0.05) is 18.2 Å². The summed E-state index contributed by atoms with van der Waals surface area (Å²) < 4.78 is 2.21. The molecule has 3 rings (SSSR count). The van der Waals surface area contributed by atoms with E-state index in [1.165, 1.54) is 11.3 Å². The van der Waals surface area contributed by atoms with Crippen LogP contribution < -0.4 is 5.32 Å². The second-order valence-electron chi connectivity index (χ2n) is 4.79. The van der Waals surface area contributed by atoms with E-state index in [0.29, 0.717) is 5.92 Å². The Kier molecular flexibility index (Phi) is 2.78. The third kappa shape index (κ3) is 1.78. The molecule has 18 heavy (non-hydrogen) atoms. The number of nitrogens with one attached hydrogen (secondary N) is 1. The van der Waals surface area contributed by atoms with Gasteiger partial charge in [-0.05, 0) is 31.9 Å². The van der Waals surface area contributed by atoms with Gasteiger partial charge in [0, 0.05) is 24.7 Å². The number of fused-ring (bicyclic) bond motifs is 1. The van der Waals surface area contributed by atoms with Crippen molar-refractivity contribution in [2.24, 2.45) is 0 Å². The van der Waals surface area contributed by atoms with E-state index in [1.807, 2.05) is 6.92 Å². The normalized spacial score (nSPS) is 18.2. The Labute approximate surface area is 107 Å². The summed E-state index contributed by atoms with van der Waals surface area (Å²) in [7, 11) is 0. The van der Waals surface area contributed by atoms with E-state index in [1.54, 1.807) is 0 Å². The highest BCUT2D eigenvalue weighted by atomic mass is 15.3. The predicted molar refractivity (Wildman–Crippen MR) is 71.8 cm³/mol. The molecule has 0 saturated carbocycles. The molecule has 1 aliphatic rings. The van der Waals surface area contributed by atoms with Gasteiger partial charge in [0.25, 0.3) is 0 Å². The number of anilines is 1. The Morgan fingerprint density at radius 3 is 3.00 bits per heavy atom. The van der Waals surface area contributed by atoms with Crippen molar-refractivity contribution >= 4 is 5.69 Å². The lowest BCUT2D eigenvalue weighted by Crippen LogP contribution is -2.24. The maximum Gasteiger partial charge on any atom is 0.138 e. The number of benzene rings is 1. The first-order valence-corrected chi connectivity index (χ1v) is 6.51. The molecule has 1 N–H and O–H groups in total. The van der Waals surface area contributed by atoms with Crippen LogP contribution in [0.5, 0.6) is 0 Å². The van der Waals surface area contributed by atoms with Gasteiger partial charge in [0.15, 0.2) is 0 Å². The van der Waals surface area contributed by atoms with Crippen molar-refractivity contribution in [3.63, 3.8) is 0 Å². The molecule has 1 aromatic heterocycles. The van der Waals surface area contributed by atoms with Crippen molar-refractivity contribution in [2.45, 2.75) is 32.7 Å². The van der Waals surface area contributed by atoms with Gasteiger partial charge < -0.3 is 9.88 Å². The third-order valence-electron chi connectivity index (χ3n) is 3.67. The fourth-order valence-electron chi connectivity index (χ4n) is 2.71. The predicted octanol–water partition coefficient (Wildman–Crippen LogP) is 2.36. The maximum absolute atomic E-state index is 4.36. The Morgan fingerprint density at radius 1 is 1.33 bits per heavy atom. The van der Waals surface area contributed by atoms with Crippen LogP contribution in [0.25, 0.3) is 0 Å². The number of para-hydroxylation sites is 1. The van der Waals surface area contributed by atoms with Gasteiger partial charge >= 0.3 is 0 Å². The summed E-state index contributed by atoms with van der Waals surface area (Å²) in [5, 5.41) is 12.1. The van der Waals surface area contributed by atoms with Crippen LogP contribution >= 0.6 is 0 Å². The zero-order chi connectivity index (χ0) is 12.5. The molecular weight excluding hydrogens is 224 g/mol. The monoisotopic (exact) mass is 242 g/mol. The van der Waals surface area contributed by atoms with Gasteiger partial charge in [-0.3, -0.25) is 0 Å². The zero-order valence-electron chi connectivity index (χ0n) is 10.8. The number of aromatic nitrogens is 3. The molecule has 1 unspecified atom stereocenters. The number of rotatable bonds is 2. The van der Waals surface area contributed by atoms with Crippen LogP contribution in [0.4, 0.5) is 5.69 Å². The summed E-state index contributed by atoms with van der Waals surface area (Å²) in [6, 6.07) is 8.50. The smallest absolute Gasteiger partial charge is 0.138 e. The topological polar surface area (TPSA) is 42.7 Å². The Balaban J connectivity index is 1.92. The van der Waals surface area contributed by atoms with Crippen LogP contribution in [0.15, 0.2) is 24.3 Å². The molecule has 0 amide bonds. The van der Waals surface area contributed by atoms with E-state index >= 15 is 0 Å². The van der Waals surface area contributed by atoms with Crippen LogP contribution in [0, 0.1) is 6.92 Å². The maximum atomic E-state index is 4.36. The molecule has 0 aliphatic carbocycles. The fourth-order valence-corrected chi connectivity index (χ4v) is 2.71. The van der Waals surface area contributed by atoms with Crippen LogP contribution in [0.2, 0.25) is 0 Å². The first-order valence-electron chi connectivity index (χ1n) is 6.51. The quantitative estimate of drug-likeness (QED) is 0.879. The van der Waals surface area contributed by atoms with E-state index in [9.17, 15) is 0 Å². The third-order valence-corrected chi connectivity index (χ3v) is 3.67. The lowest BCUT2D eigenvalue weighted by molar-refractivity contribution is 0.584. The lowest BCUT2D eigenvalue weighted by atomic mass is 9.93. The molecule has 2 aromatic rings. The molecule has 94 valence electrons. The van der Waals surface area contributed by atoms with E-state index in [0.717, 1.165) is 31.2 Å². The number of nitrogens with zero attached hydrogens (tertiary/aromatic N) is 3. The van der Waals surface area contributed by atoms with Crippen molar-refractivity contribution in [3.05, 3.63) is 41.5 Å². The highest BCUT2D eigenvalue weighted by Crippen LogP contribution is 2.29. The molecule has 0 radical (unpaired) electrons. The van der Waals surface area contributed by atoms with Crippen molar-refractivity contribution in [1.29, 1.82) is 0 Å². The molecule has 4 nitrogen and oxygen atoms in total. The average Bonchev–Trinajstić information content (AvgIpc) is 2.79. The van der Waals surface area contributed by atoms with Crippen LogP contribution in [0.3, 0.4) is 0 Å². The summed E-state index contributed by atoms with van der Waals surface area (Å²) in [6.45, 7) is 6.04. The second kappa shape index (κ2) is 4.44. The molecule has 0 spiro atoms. The highest BCUT2D eigenvalue weighted by Gasteiger charge is 2.24. The van der Waals surface area contributed by atoms with Gasteiger partial charge in [-0.2, -0.15) is 0 Å². The molecule has 2 heterocycles. The van der Waals surface area contributed by atoms with E-state index in [2.05, 4.69) is 51.3 Å². The SMILES string of the molecule is CCn1c(C)nnc1C1CNc2ccccc2C1. The van der Waals surface area contributed by atoms with E-state index in [4.69, 9.17) is 0 Å². The van der Waals surface area contributed by atoms with Gasteiger partial charge in [0.05, 0.1) is 0 Å². The standard InChI is InChI=1S/C14H18N4/c1-3-18-10(2)16-17-14(18)12-8-11-6-4-5-7-13(11)15-9-12/h4-7,12,15H,3,8-9H2,1-2H3. The van der Waals surface area contributed by atoms with E-state index < -0.39 is 0 Å². The Bertz CT molecular complexity index is 559. The summed E-state index contributed by atoms with van der Waals surface area (Å²) in [5.74, 6) is 2.53. The minimum atomic E-state index is 0.418. The molecule has 1 aromatic carbocycles. The fraction of sp³-hybridized carbons (Fsp3) is 0.429. The average molecular weight is 242 g/mol. The Morgan fingerprint density at radius 2 is 2.17 bits per heavy atom. The van der Waals surface area contributed by atoms with Gasteiger partial charge in [-0.25, -0.2) is 0 Å². The van der Waals surface area contributed by atoms with E-state index in [-0.39, 0.29) is 0 Å². The summed E-state index contributed by atoms with van der Waals surface area (Å²) in [6.07, 6.45) is 1.04. The minimum Gasteiger partial charge on any atom is -0.384 e. The van der Waals surface area contributed by atoms with Crippen LogP contribution in [0.1, 0.15) is 30.1 Å². The first kappa shape index (κ1) is 11.3. The summed E-state index contributed by atoms with van der Waals surface area (Å²) in [4.78, 5) is 0. The first-order chi connectivity index (χ1) is 8.79. The van der Waals surface area contributed by atoms with Gasteiger partial charge in [-0.15, -0.1) is 10.2 Å². The molecule has 0 saturated heterocycles. The van der Waals surface area contributed by atoms with Crippen LogP contribution in [-0.4, -0.2) is 21.3 Å². The Hall–Kier alpha value is -1.84. The molecule has 0 bridgehead atoms. The van der Waals surface area contributed by atoms with Gasteiger partial charge in [0.2, 0.25) is 0 Å². The summed E-state index contributed by atoms with van der Waals surface area (Å²) in [5.41, 5.74) is 2.63. The summed E-state index contributed by atoms with van der Waals surface area (Å²) >= 11 is 0. The lowest BCUT2D eigenvalue weighted by Gasteiger charge is -2.25. The molecule has 4 heteroatoms. The van der Waals surface area contributed by atoms with Crippen molar-refractivity contribution in [1.82, 2.24) is 14.8 Å².